The number of hydrogen-bond acceptors (Lipinski definition) is 19. The van der Waals surface area contributed by atoms with Gasteiger partial charge in [0.25, 0.3) is 0 Å². The summed E-state index contributed by atoms with van der Waals surface area (Å²) in [5.41, 5.74) is -0.919. The van der Waals surface area contributed by atoms with Gasteiger partial charge in [0.1, 0.15) is 69.4 Å². The standard InChI is InChI=1S/C36H58B3N3O8.C31H53B3N2O5.C16H29B3N2O2/c1-36(2,3)33(48)19-13-6-4-9-16-28(44)24-42(26-30(46)18-12-8-11-15-27(43)22-37)25-29(45)17-10-5-7-14-20-34(49)40-31(32(47)23-38)21-35(50)41-39;1-31(2,3)30(41)20-14-7-6-11-18-28(39)24-35(25-29(40)19-13-9-12-16-26(37)22-32)23-27(38)17-10-5-4-8-15-21-36(33)34;1-16(2,3)14(22)10-6-4-8-12-20(17)15(23)11-7-5-9-13-21(18)19/h31H,4-26H2,1-3H3,(H,40,49)(H,41,50);4-25H2,1-3H3;4-13H2,1-3H3/t31-;;/m0../s1. The predicted octanol–water partition coefficient (Wildman–Crippen LogP) is 10.6. The maximum absolute atomic E-state index is 12.9. The molecular formula is C83H140B9N7O15. The van der Waals surface area contributed by atoms with Gasteiger partial charge in [-0.1, -0.05) is 146 Å². The van der Waals surface area contributed by atoms with Crippen molar-refractivity contribution in [2.24, 2.45) is 16.2 Å². The highest BCUT2D eigenvalue weighted by atomic mass is 16.2. The van der Waals surface area contributed by atoms with Crippen molar-refractivity contribution in [1.29, 1.82) is 0 Å². The fourth-order valence-corrected chi connectivity index (χ4v) is 12.0. The summed E-state index contributed by atoms with van der Waals surface area (Å²) in [5.74, 6) is -0.790. The van der Waals surface area contributed by atoms with Gasteiger partial charge in [0.15, 0.2) is 31.9 Å². The highest BCUT2D eigenvalue weighted by Crippen LogP contribution is 2.23. The Bertz CT molecular complexity index is 2800. The highest BCUT2D eigenvalue weighted by Gasteiger charge is 2.26. The van der Waals surface area contributed by atoms with Crippen LogP contribution in [0.25, 0.3) is 0 Å². The summed E-state index contributed by atoms with van der Waals surface area (Å²) in [6.45, 7) is 19.4. The summed E-state index contributed by atoms with van der Waals surface area (Å²) in [4.78, 5) is 187. The Morgan fingerprint density at radius 1 is 0.281 bits per heavy atom. The van der Waals surface area contributed by atoms with Crippen LogP contribution in [0.15, 0.2) is 0 Å². The van der Waals surface area contributed by atoms with Crippen LogP contribution < -0.4 is 10.5 Å². The number of Topliss-reactive ketones (excluding diaryl/α,β-unsaturated/α-hetero) is 12. The molecule has 2 N–H and O–H groups in total. The first-order valence-corrected chi connectivity index (χ1v) is 42.3. The number of nitrogens with zero attached hydrogens (tertiary/aromatic N) is 5. The second kappa shape index (κ2) is 69.8. The third-order valence-electron chi connectivity index (χ3n) is 19.3. The van der Waals surface area contributed by atoms with Crippen molar-refractivity contribution in [1.82, 2.24) is 34.6 Å². The van der Waals surface area contributed by atoms with Crippen molar-refractivity contribution < 1.29 is 71.9 Å². The number of nitrogens with one attached hydrogen (secondary N) is 2. The third kappa shape index (κ3) is 71.0. The lowest BCUT2D eigenvalue weighted by Crippen LogP contribution is -2.43. The molecule has 0 aromatic heterocycles. The molecule has 0 saturated heterocycles. The van der Waals surface area contributed by atoms with Gasteiger partial charge < -0.3 is 34.4 Å². The van der Waals surface area contributed by atoms with E-state index < -0.39 is 17.7 Å². The molecule has 0 bridgehead atoms. The largest absolute Gasteiger partial charge is 0.409 e. The van der Waals surface area contributed by atoms with Crippen LogP contribution in [-0.4, -0.2) is 248 Å². The SMILES string of the molecule is [B]CC(=O)CCCCCC(=O)CN(CC(=O)CCCCCCC(=O)N[C@@H](CC(=O)N[B])C(=O)C[B])CC(=O)CCCCCCC(=O)C(C)(C)C.[B]CC(=O)CCCCCC(=O)CN(CC(=O)CCCCCCCN([B])[B])CC(=O)CCCCCCC(=O)C(C)(C)C.[B]N([B])CCCCCC(=O)N([B])CCCCCC(=O)C(C)(C)C. The summed E-state index contributed by atoms with van der Waals surface area (Å²) in [5, 5.41) is 4.44. The van der Waals surface area contributed by atoms with Crippen molar-refractivity contribution in [3.05, 3.63) is 0 Å². The van der Waals surface area contributed by atoms with E-state index in [1.165, 1.54) is 9.53 Å². The van der Waals surface area contributed by atoms with Gasteiger partial charge >= 0.3 is 0 Å². The van der Waals surface area contributed by atoms with Crippen molar-refractivity contribution >= 4 is 159 Å². The predicted molar refractivity (Wildman–Crippen MR) is 461 cm³/mol. The molecular weight excluding hydrogens is 1430 g/mol. The molecule has 3 amide bonds. The topological polar surface area (TPSA) is 296 Å². The Morgan fingerprint density at radius 2 is 0.518 bits per heavy atom. The minimum Gasteiger partial charge on any atom is -0.409 e. The van der Waals surface area contributed by atoms with Crippen LogP contribution in [0.1, 0.15) is 338 Å². The summed E-state index contributed by atoms with van der Waals surface area (Å²) < 4.78 is 2.33. The maximum atomic E-state index is 12.9. The molecule has 0 aliphatic heterocycles. The third-order valence-corrected chi connectivity index (χ3v) is 19.3. The molecule has 0 spiro atoms. The van der Waals surface area contributed by atoms with E-state index in [4.69, 9.17) is 71.4 Å². The molecule has 18 radical (unpaired) electrons. The van der Waals surface area contributed by atoms with E-state index in [1.54, 1.807) is 9.80 Å². The molecule has 0 saturated carbocycles. The van der Waals surface area contributed by atoms with Crippen LogP contribution in [0.4, 0.5) is 0 Å². The van der Waals surface area contributed by atoms with Crippen molar-refractivity contribution in [2.75, 3.05) is 58.9 Å². The fraction of sp³-hybridized carbons (Fsp3) is 0.819. The molecule has 1 atom stereocenters. The van der Waals surface area contributed by atoms with Gasteiger partial charge in [-0.2, -0.15) is 0 Å². The molecule has 0 heterocycles. The molecule has 22 nitrogen and oxygen atoms in total. The summed E-state index contributed by atoms with van der Waals surface area (Å²) in [7, 11) is 48.2. The molecule has 0 aliphatic rings. The number of carbonyl (C=O) groups is 15. The lowest BCUT2D eigenvalue weighted by Gasteiger charge is -2.20. The normalized spacial score (nSPS) is 11.8. The van der Waals surface area contributed by atoms with Gasteiger partial charge in [0.05, 0.1) is 75.3 Å². The van der Waals surface area contributed by atoms with Crippen LogP contribution in [0.3, 0.4) is 0 Å². The number of ketones is 12. The minimum atomic E-state index is -1.04. The van der Waals surface area contributed by atoms with E-state index in [2.05, 4.69) is 5.32 Å². The molecule has 31 heteroatoms. The van der Waals surface area contributed by atoms with Gasteiger partial charge in [-0.3, -0.25) is 72.1 Å². The Balaban J connectivity index is -0.00000173. The van der Waals surface area contributed by atoms with E-state index in [1.807, 2.05) is 67.5 Å². The number of rotatable bonds is 72. The van der Waals surface area contributed by atoms with Crippen molar-refractivity contribution in [3.63, 3.8) is 0 Å². The number of amides is 3. The van der Waals surface area contributed by atoms with Crippen molar-refractivity contribution in [2.45, 2.75) is 363 Å². The fourth-order valence-electron chi connectivity index (χ4n) is 12.0. The summed E-state index contributed by atoms with van der Waals surface area (Å²) in [6.07, 6.45) is 27.6. The Morgan fingerprint density at radius 3 is 0.789 bits per heavy atom. The Kier molecular flexibility index (Phi) is 69.2. The van der Waals surface area contributed by atoms with Gasteiger partial charge in [-0.25, -0.2) is 0 Å². The molecule has 0 aliphatic carbocycles. The first-order valence-electron chi connectivity index (χ1n) is 42.3. The van der Waals surface area contributed by atoms with Gasteiger partial charge in [0.2, 0.25) is 33.7 Å². The van der Waals surface area contributed by atoms with E-state index in [0.717, 1.165) is 133 Å². The smallest absolute Gasteiger partial charge is 0.230 e. The first-order chi connectivity index (χ1) is 53.6. The highest BCUT2D eigenvalue weighted by molar-refractivity contribution is 6.25. The summed E-state index contributed by atoms with van der Waals surface area (Å²) >= 11 is 0. The van der Waals surface area contributed by atoms with E-state index in [-0.39, 0.29) is 169 Å². The number of hydrogen-bond donors (Lipinski definition) is 2. The van der Waals surface area contributed by atoms with E-state index in [0.29, 0.717) is 148 Å². The number of unbranched alkanes of at least 4 members (excludes halogenated alkanes) is 21. The van der Waals surface area contributed by atoms with E-state index >= 15 is 0 Å². The van der Waals surface area contributed by atoms with Crippen LogP contribution in [0.5, 0.6) is 0 Å². The van der Waals surface area contributed by atoms with Gasteiger partial charge in [-0.15, -0.1) is 0 Å². The molecule has 0 unspecified atom stereocenters. The Labute approximate surface area is 699 Å². The zero-order valence-corrected chi connectivity index (χ0v) is 72.0. The van der Waals surface area contributed by atoms with Gasteiger partial charge in [-0.05, 0) is 135 Å². The average molecular weight is 1570 g/mol. The van der Waals surface area contributed by atoms with Crippen LogP contribution in [0.2, 0.25) is 19.0 Å². The Hall–Kier alpha value is -5.13. The second-order valence-corrected chi connectivity index (χ2v) is 33.7. The number of carbonyl (C=O) groups excluding carboxylic acids is 15. The van der Waals surface area contributed by atoms with Crippen LogP contribution >= 0.6 is 0 Å². The molecule has 0 aromatic rings. The summed E-state index contributed by atoms with van der Waals surface area (Å²) in [6, 6.07) is -1.04. The average Bonchev–Trinajstić information content (AvgIpc) is 0.906. The molecule has 0 rings (SSSR count). The maximum Gasteiger partial charge on any atom is 0.230 e. The second-order valence-electron chi connectivity index (χ2n) is 33.7. The minimum absolute atomic E-state index is 0.00380. The molecule has 114 heavy (non-hydrogen) atoms. The quantitative estimate of drug-likeness (QED) is 0.0422. The van der Waals surface area contributed by atoms with Gasteiger partial charge in [0, 0.05) is 106 Å². The zero-order chi connectivity index (χ0) is 86.9. The first kappa shape index (κ1) is 113. The zero-order valence-electron chi connectivity index (χ0n) is 72.0. The van der Waals surface area contributed by atoms with Crippen LogP contribution in [0, 0.1) is 16.2 Å². The van der Waals surface area contributed by atoms with Crippen LogP contribution in [-0.2, 0) is 71.9 Å². The van der Waals surface area contributed by atoms with Crippen molar-refractivity contribution in [3.8, 4) is 0 Å². The molecule has 0 fully saturated rings. The van der Waals surface area contributed by atoms with E-state index in [9.17, 15) is 71.9 Å². The molecule has 624 valence electrons. The lowest BCUT2D eigenvalue weighted by atomic mass is 9.88. The lowest BCUT2D eigenvalue weighted by molar-refractivity contribution is -0.129. The molecule has 0 aromatic carbocycles. The monoisotopic (exact) mass is 1570 g/mol.